The summed E-state index contributed by atoms with van der Waals surface area (Å²) in [5.74, 6) is -0.328. The highest BCUT2D eigenvalue weighted by molar-refractivity contribution is 5.51. The predicted octanol–water partition coefficient (Wildman–Crippen LogP) is 2.00. The largest absolute Gasteiger partial charge is 0.490 e. The molecule has 0 aliphatic heterocycles. The molecule has 1 aromatic rings. The van der Waals surface area contributed by atoms with Gasteiger partial charge in [0, 0.05) is 6.07 Å². The van der Waals surface area contributed by atoms with Gasteiger partial charge in [-0.3, -0.25) is 10.1 Å². The zero-order valence-corrected chi connectivity index (χ0v) is 8.68. The molecule has 0 unspecified atom stereocenters. The van der Waals surface area contributed by atoms with Crippen LogP contribution in [0, 0.1) is 21.4 Å². The van der Waals surface area contributed by atoms with Gasteiger partial charge >= 0.3 is 5.69 Å². The van der Waals surface area contributed by atoms with E-state index in [1.165, 1.54) is 0 Å². The van der Waals surface area contributed by atoms with E-state index in [1.54, 1.807) is 6.07 Å². The minimum Gasteiger partial charge on any atom is -0.490 e. The van der Waals surface area contributed by atoms with Crippen molar-refractivity contribution in [3.05, 3.63) is 27.6 Å². The highest BCUT2D eigenvalue weighted by Crippen LogP contribution is 2.35. The van der Waals surface area contributed by atoms with E-state index in [0.29, 0.717) is 0 Å². The van der Waals surface area contributed by atoms with Gasteiger partial charge in [-0.05, 0) is 0 Å². The summed E-state index contributed by atoms with van der Waals surface area (Å²) >= 11 is 0. The van der Waals surface area contributed by atoms with Crippen molar-refractivity contribution in [1.82, 2.24) is 4.98 Å². The molecule has 0 aliphatic carbocycles. The van der Waals surface area contributed by atoms with Crippen LogP contribution in [0.2, 0.25) is 0 Å². The number of alkyl halides is 2. The number of ether oxygens (including phenoxy) is 1. The van der Waals surface area contributed by atoms with Crippen molar-refractivity contribution in [3.63, 3.8) is 0 Å². The Morgan fingerprint density at radius 1 is 1.71 bits per heavy atom. The fraction of sp³-hybridized carbons (Fsp3) is 0.333. The molecule has 0 radical (unpaired) electrons. The van der Waals surface area contributed by atoms with Crippen molar-refractivity contribution in [2.75, 3.05) is 7.11 Å². The highest BCUT2D eigenvalue weighted by Gasteiger charge is 2.29. The molecule has 0 aliphatic rings. The van der Waals surface area contributed by atoms with E-state index in [1.807, 2.05) is 0 Å². The molecular weight excluding hydrogens is 236 g/mol. The zero-order chi connectivity index (χ0) is 13.0. The summed E-state index contributed by atoms with van der Waals surface area (Å²) in [6, 6.07) is 2.82. The molecule has 90 valence electrons. The lowest BCUT2D eigenvalue weighted by molar-refractivity contribution is -0.387. The van der Waals surface area contributed by atoms with Gasteiger partial charge < -0.3 is 4.74 Å². The lowest BCUT2D eigenvalue weighted by Gasteiger charge is -2.07. The fourth-order valence-electron chi connectivity index (χ4n) is 1.25. The number of nitriles is 1. The highest BCUT2D eigenvalue weighted by atomic mass is 19.3. The van der Waals surface area contributed by atoms with Crippen LogP contribution in [-0.2, 0) is 6.42 Å². The van der Waals surface area contributed by atoms with Crippen LogP contribution in [0.1, 0.15) is 17.8 Å². The third kappa shape index (κ3) is 2.63. The summed E-state index contributed by atoms with van der Waals surface area (Å²) in [5.41, 5.74) is -1.85. The van der Waals surface area contributed by atoms with Crippen molar-refractivity contribution in [1.29, 1.82) is 5.26 Å². The first kappa shape index (κ1) is 12.8. The molecule has 0 N–H and O–H groups in total. The molecule has 17 heavy (non-hydrogen) atoms. The summed E-state index contributed by atoms with van der Waals surface area (Å²) in [7, 11) is 1.12. The Labute approximate surface area is 94.6 Å². The average Bonchev–Trinajstić information content (AvgIpc) is 2.27. The second-order valence-corrected chi connectivity index (χ2v) is 2.94. The van der Waals surface area contributed by atoms with Gasteiger partial charge in [-0.25, -0.2) is 13.8 Å². The first-order chi connectivity index (χ1) is 8.01. The van der Waals surface area contributed by atoms with Crippen molar-refractivity contribution in [2.24, 2.45) is 0 Å². The summed E-state index contributed by atoms with van der Waals surface area (Å²) in [5, 5.41) is 19.1. The number of hydrogen-bond acceptors (Lipinski definition) is 5. The number of hydrogen-bond donors (Lipinski definition) is 0. The number of nitro groups is 1. The van der Waals surface area contributed by atoms with Crippen LogP contribution in [0.5, 0.6) is 5.75 Å². The smallest absolute Gasteiger partial charge is 0.338 e. The summed E-state index contributed by atoms with van der Waals surface area (Å²) in [6.07, 6.45) is -3.34. The van der Waals surface area contributed by atoms with E-state index in [4.69, 9.17) is 5.26 Å². The first-order valence-corrected chi connectivity index (χ1v) is 4.38. The molecule has 0 aromatic carbocycles. The van der Waals surface area contributed by atoms with Crippen LogP contribution in [-0.4, -0.2) is 17.0 Å². The van der Waals surface area contributed by atoms with E-state index in [-0.39, 0.29) is 17.9 Å². The molecule has 1 aromatic heterocycles. The Balaban J connectivity index is 3.47. The third-order valence-corrected chi connectivity index (χ3v) is 1.91. The van der Waals surface area contributed by atoms with Crippen LogP contribution < -0.4 is 4.74 Å². The number of rotatable bonds is 4. The molecule has 6 nitrogen and oxygen atoms in total. The normalized spacial score (nSPS) is 10.1. The predicted molar refractivity (Wildman–Crippen MR) is 51.7 cm³/mol. The molecule has 0 amide bonds. The molecule has 0 saturated heterocycles. The Bertz CT molecular complexity index is 485. The Morgan fingerprint density at radius 2 is 2.35 bits per heavy atom. The standard InChI is InChI=1S/C9H7F2N3O3/c1-17-6-4-5(2-3-12)13-7(9(10)11)8(6)14(15)16/h4,9H,2H2,1H3. The van der Waals surface area contributed by atoms with Gasteiger partial charge in [-0.2, -0.15) is 5.26 Å². The lowest BCUT2D eigenvalue weighted by Crippen LogP contribution is -2.05. The Morgan fingerprint density at radius 3 is 2.76 bits per heavy atom. The van der Waals surface area contributed by atoms with Crippen molar-refractivity contribution >= 4 is 5.69 Å². The first-order valence-electron chi connectivity index (χ1n) is 4.38. The number of aromatic nitrogens is 1. The molecule has 1 rings (SSSR count). The zero-order valence-electron chi connectivity index (χ0n) is 8.68. The second kappa shape index (κ2) is 5.16. The molecule has 1 heterocycles. The maximum absolute atomic E-state index is 12.6. The van der Waals surface area contributed by atoms with Crippen molar-refractivity contribution < 1.29 is 18.4 Å². The number of pyridine rings is 1. The van der Waals surface area contributed by atoms with Crippen LogP contribution in [0.4, 0.5) is 14.5 Å². The van der Waals surface area contributed by atoms with Gasteiger partial charge in [0.25, 0.3) is 6.43 Å². The van der Waals surface area contributed by atoms with Crippen LogP contribution in [0.15, 0.2) is 6.07 Å². The minimum atomic E-state index is -3.11. The maximum atomic E-state index is 12.6. The summed E-state index contributed by atoms with van der Waals surface area (Å²) in [6.45, 7) is 0. The third-order valence-electron chi connectivity index (χ3n) is 1.91. The monoisotopic (exact) mass is 243 g/mol. The SMILES string of the molecule is COc1cc(CC#N)nc(C(F)F)c1[N+](=O)[O-]. The second-order valence-electron chi connectivity index (χ2n) is 2.94. The molecular formula is C9H7F2N3O3. The molecule has 0 spiro atoms. The van der Waals surface area contributed by atoms with Crippen LogP contribution in [0.25, 0.3) is 0 Å². The molecule has 0 saturated carbocycles. The number of methoxy groups -OCH3 is 1. The van der Waals surface area contributed by atoms with E-state index in [2.05, 4.69) is 9.72 Å². The Kier molecular flexibility index (Phi) is 3.87. The van der Waals surface area contributed by atoms with E-state index in [9.17, 15) is 18.9 Å². The van der Waals surface area contributed by atoms with E-state index >= 15 is 0 Å². The van der Waals surface area contributed by atoms with Gasteiger partial charge in [0.05, 0.1) is 30.2 Å². The number of nitrogens with zero attached hydrogens (tertiary/aromatic N) is 3. The lowest BCUT2D eigenvalue weighted by atomic mass is 10.2. The topological polar surface area (TPSA) is 89.0 Å². The van der Waals surface area contributed by atoms with Crippen molar-refractivity contribution in [3.8, 4) is 11.8 Å². The summed E-state index contributed by atoms with van der Waals surface area (Å²) < 4.78 is 29.9. The van der Waals surface area contributed by atoms with Gasteiger partial charge in [0.2, 0.25) is 5.75 Å². The fourth-order valence-corrected chi connectivity index (χ4v) is 1.25. The van der Waals surface area contributed by atoms with Gasteiger partial charge in [-0.1, -0.05) is 0 Å². The summed E-state index contributed by atoms with van der Waals surface area (Å²) in [4.78, 5) is 13.1. The maximum Gasteiger partial charge on any atom is 0.338 e. The molecule has 0 fully saturated rings. The van der Waals surface area contributed by atoms with Crippen LogP contribution in [0.3, 0.4) is 0 Å². The molecule has 0 bridgehead atoms. The van der Waals surface area contributed by atoms with E-state index in [0.717, 1.165) is 13.2 Å². The molecule has 8 heteroatoms. The van der Waals surface area contributed by atoms with E-state index < -0.39 is 22.7 Å². The minimum absolute atomic E-state index is 0.00486. The van der Waals surface area contributed by atoms with Crippen LogP contribution >= 0.6 is 0 Å². The average molecular weight is 243 g/mol. The van der Waals surface area contributed by atoms with Gasteiger partial charge in [0.15, 0.2) is 5.69 Å². The number of halogens is 2. The van der Waals surface area contributed by atoms with Gasteiger partial charge in [-0.15, -0.1) is 0 Å². The van der Waals surface area contributed by atoms with Gasteiger partial charge in [0.1, 0.15) is 0 Å². The van der Waals surface area contributed by atoms with Crippen molar-refractivity contribution in [2.45, 2.75) is 12.8 Å². The quantitative estimate of drug-likeness (QED) is 0.596. The molecule has 0 atom stereocenters. The Hall–Kier alpha value is -2.30.